The van der Waals surface area contributed by atoms with Gasteiger partial charge in [-0.2, -0.15) is 0 Å². The minimum absolute atomic E-state index is 0.0380. The van der Waals surface area contributed by atoms with Crippen molar-refractivity contribution < 1.29 is 14.6 Å². The number of carbonyl (C=O) groups excluding carboxylic acids is 1. The van der Waals surface area contributed by atoms with Gasteiger partial charge in [-0.15, -0.1) is 0 Å². The average Bonchev–Trinajstić information content (AvgIpc) is 2.19. The highest BCUT2D eigenvalue weighted by molar-refractivity contribution is 5.96. The minimum Gasteiger partial charge on any atom is -0.383 e. The van der Waals surface area contributed by atoms with E-state index in [-0.39, 0.29) is 11.9 Å². The van der Waals surface area contributed by atoms with Crippen molar-refractivity contribution in [3.63, 3.8) is 0 Å². The van der Waals surface area contributed by atoms with Crippen LogP contribution in [0.15, 0.2) is 11.8 Å². The van der Waals surface area contributed by atoms with Crippen molar-refractivity contribution in [2.24, 2.45) is 0 Å². The van der Waals surface area contributed by atoms with Gasteiger partial charge in [0.1, 0.15) is 0 Å². The number of rotatable bonds is 4. The van der Waals surface area contributed by atoms with E-state index in [1.165, 1.54) is 0 Å². The van der Waals surface area contributed by atoms with E-state index >= 15 is 0 Å². The first-order valence-corrected chi connectivity index (χ1v) is 5.88. The molecule has 5 heteroatoms. The largest absolute Gasteiger partial charge is 0.383 e. The molecule has 98 valence electrons. The molecule has 0 spiro atoms. The first-order chi connectivity index (χ1) is 7.90. The summed E-state index contributed by atoms with van der Waals surface area (Å²) in [6, 6.07) is 0. The summed E-state index contributed by atoms with van der Waals surface area (Å²) in [5, 5.41) is 9.83. The Morgan fingerprint density at radius 2 is 2.12 bits per heavy atom. The zero-order chi connectivity index (χ0) is 13.0. The van der Waals surface area contributed by atoms with Gasteiger partial charge in [-0.25, -0.2) is 0 Å². The number of hydrogen-bond acceptors (Lipinski definition) is 5. The lowest BCUT2D eigenvalue weighted by molar-refractivity contribution is -0.210. The molecule has 0 aliphatic carbocycles. The molecular formula is C12H22N2O3. The van der Waals surface area contributed by atoms with Gasteiger partial charge in [0.05, 0.1) is 6.10 Å². The summed E-state index contributed by atoms with van der Waals surface area (Å²) in [4.78, 5) is 15.3. The van der Waals surface area contributed by atoms with Crippen molar-refractivity contribution in [1.82, 2.24) is 9.80 Å². The number of carbonyl (C=O) groups is 1. The van der Waals surface area contributed by atoms with Crippen LogP contribution in [-0.4, -0.2) is 60.4 Å². The third-order valence-electron chi connectivity index (χ3n) is 2.48. The van der Waals surface area contributed by atoms with Gasteiger partial charge in [0.25, 0.3) is 0 Å². The number of Topliss-reactive ketones (excluding diaryl/α,β-unsaturated/α-hetero) is 1. The van der Waals surface area contributed by atoms with Crippen molar-refractivity contribution >= 4 is 5.78 Å². The van der Waals surface area contributed by atoms with Gasteiger partial charge < -0.3 is 14.7 Å². The molecule has 17 heavy (non-hydrogen) atoms. The minimum atomic E-state index is -0.936. The molecular weight excluding hydrogens is 220 g/mol. The topological polar surface area (TPSA) is 53.0 Å². The lowest BCUT2D eigenvalue weighted by atomic mass is 10.0. The maximum atomic E-state index is 11.7. The molecule has 0 aromatic heterocycles. The van der Waals surface area contributed by atoms with Crippen LogP contribution in [0.4, 0.5) is 0 Å². The number of nitrogens with zero attached hydrogens (tertiary/aromatic N) is 2. The summed E-state index contributed by atoms with van der Waals surface area (Å²) >= 11 is 0. The second-order valence-electron chi connectivity index (χ2n) is 4.77. The molecule has 5 nitrogen and oxygen atoms in total. The molecule has 1 unspecified atom stereocenters. The molecule has 1 fully saturated rings. The van der Waals surface area contributed by atoms with Crippen LogP contribution in [0.5, 0.6) is 0 Å². The summed E-state index contributed by atoms with van der Waals surface area (Å²) in [6.07, 6.45) is 1.26. The molecule has 0 aromatic carbocycles. The molecule has 0 amide bonds. The SMILES string of the molecule is CC(C)OC(O)N1CCC(=O)/C(=C\N(C)C)C1. The van der Waals surface area contributed by atoms with Crippen LogP contribution >= 0.6 is 0 Å². The Labute approximate surface area is 103 Å². The van der Waals surface area contributed by atoms with E-state index in [0.717, 1.165) is 0 Å². The summed E-state index contributed by atoms with van der Waals surface area (Å²) < 4.78 is 5.31. The number of aliphatic hydroxyl groups is 1. The Hall–Kier alpha value is -0.910. The molecule has 0 radical (unpaired) electrons. The summed E-state index contributed by atoms with van der Waals surface area (Å²) in [6.45, 7) is 4.71. The first-order valence-electron chi connectivity index (χ1n) is 5.88. The molecule has 0 aromatic rings. The monoisotopic (exact) mass is 242 g/mol. The predicted molar refractivity (Wildman–Crippen MR) is 65.2 cm³/mol. The zero-order valence-electron chi connectivity index (χ0n) is 11.0. The van der Waals surface area contributed by atoms with E-state index in [4.69, 9.17) is 4.74 Å². The molecule has 0 saturated carbocycles. The number of ether oxygens (including phenoxy) is 1. The van der Waals surface area contributed by atoms with Gasteiger partial charge in [0.15, 0.2) is 5.78 Å². The van der Waals surface area contributed by atoms with Crippen molar-refractivity contribution in [2.75, 3.05) is 27.2 Å². The molecule has 1 N–H and O–H groups in total. The molecule has 1 aliphatic rings. The van der Waals surface area contributed by atoms with Crippen LogP contribution in [0.3, 0.4) is 0 Å². The highest BCUT2D eigenvalue weighted by atomic mass is 16.6. The van der Waals surface area contributed by atoms with Gasteiger partial charge in [0, 0.05) is 45.4 Å². The van der Waals surface area contributed by atoms with Crippen molar-refractivity contribution in [3.8, 4) is 0 Å². The number of likely N-dealkylation sites (tertiary alicyclic amines) is 1. The lowest BCUT2D eigenvalue weighted by Gasteiger charge is -2.32. The number of piperidine rings is 1. The van der Waals surface area contributed by atoms with Gasteiger partial charge in [-0.05, 0) is 13.8 Å². The Kier molecular flexibility index (Phi) is 5.11. The van der Waals surface area contributed by atoms with Crippen molar-refractivity contribution in [2.45, 2.75) is 32.8 Å². The van der Waals surface area contributed by atoms with E-state index in [0.29, 0.717) is 25.1 Å². The maximum Gasteiger partial charge on any atom is 0.216 e. The van der Waals surface area contributed by atoms with Gasteiger partial charge in [0.2, 0.25) is 6.41 Å². The molecule has 1 saturated heterocycles. The van der Waals surface area contributed by atoms with Gasteiger partial charge >= 0.3 is 0 Å². The maximum absolute atomic E-state index is 11.7. The molecule has 1 heterocycles. The van der Waals surface area contributed by atoms with Crippen LogP contribution < -0.4 is 0 Å². The summed E-state index contributed by atoms with van der Waals surface area (Å²) in [5.74, 6) is 0.145. The predicted octanol–water partition coefficient (Wildman–Crippen LogP) is 0.408. The molecule has 1 rings (SSSR count). The quantitative estimate of drug-likeness (QED) is 0.571. The summed E-state index contributed by atoms with van der Waals surface area (Å²) in [7, 11) is 3.75. The second-order valence-corrected chi connectivity index (χ2v) is 4.77. The first kappa shape index (κ1) is 14.2. The molecule has 1 aliphatic heterocycles. The smallest absolute Gasteiger partial charge is 0.216 e. The normalized spacial score (nSPS) is 22.2. The van der Waals surface area contributed by atoms with E-state index in [1.54, 1.807) is 11.1 Å². The fraction of sp³-hybridized carbons (Fsp3) is 0.750. The highest BCUT2D eigenvalue weighted by Crippen LogP contribution is 2.15. The average molecular weight is 242 g/mol. The molecule has 1 atom stereocenters. The fourth-order valence-corrected chi connectivity index (χ4v) is 1.73. The Bertz CT molecular complexity index is 300. The standard InChI is InChI=1S/C12H22N2O3/c1-9(2)17-12(16)14-6-5-11(15)10(8-14)7-13(3)4/h7,9,12,16H,5-6,8H2,1-4H3/b10-7-. The van der Waals surface area contributed by atoms with E-state index in [9.17, 15) is 9.90 Å². The van der Waals surface area contributed by atoms with E-state index in [1.807, 2.05) is 32.8 Å². The lowest BCUT2D eigenvalue weighted by Crippen LogP contribution is -2.45. The van der Waals surface area contributed by atoms with Crippen LogP contribution in [0.2, 0.25) is 0 Å². The van der Waals surface area contributed by atoms with Crippen molar-refractivity contribution in [3.05, 3.63) is 11.8 Å². The zero-order valence-corrected chi connectivity index (χ0v) is 11.0. The van der Waals surface area contributed by atoms with E-state index in [2.05, 4.69) is 0 Å². The summed E-state index contributed by atoms with van der Waals surface area (Å²) in [5.41, 5.74) is 0.715. The van der Waals surface area contributed by atoms with Crippen LogP contribution in [0.25, 0.3) is 0 Å². The van der Waals surface area contributed by atoms with Crippen LogP contribution in [0, 0.1) is 0 Å². The number of ketones is 1. The number of aliphatic hydroxyl groups excluding tert-OH is 1. The Morgan fingerprint density at radius 3 is 2.65 bits per heavy atom. The highest BCUT2D eigenvalue weighted by Gasteiger charge is 2.26. The van der Waals surface area contributed by atoms with Gasteiger partial charge in [-0.3, -0.25) is 9.69 Å². The van der Waals surface area contributed by atoms with E-state index < -0.39 is 6.41 Å². The third-order valence-corrected chi connectivity index (χ3v) is 2.48. The number of hydrogen-bond donors (Lipinski definition) is 1. The Morgan fingerprint density at radius 1 is 1.47 bits per heavy atom. The van der Waals surface area contributed by atoms with Crippen LogP contribution in [-0.2, 0) is 9.53 Å². The Balaban J connectivity index is 2.64. The third kappa shape index (κ3) is 4.46. The fourth-order valence-electron chi connectivity index (χ4n) is 1.73. The van der Waals surface area contributed by atoms with Crippen LogP contribution in [0.1, 0.15) is 20.3 Å². The van der Waals surface area contributed by atoms with Crippen molar-refractivity contribution in [1.29, 1.82) is 0 Å². The second kappa shape index (κ2) is 6.14. The van der Waals surface area contributed by atoms with Gasteiger partial charge in [-0.1, -0.05) is 0 Å². The molecule has 0 bridgehead atoms.